The van der Waals surface area contributed by atoms with Crippen molar-refractivity contribution in [3.63, 3.8) is 0 Å². The Morgan fingerprint density at radius 1 is 1.30 bits per heavy atom. The number of nitrogens with zero attached hydrogens (tertiary/aromatic N) is 2. The lowest BCUT2D eigenvalue weighted by molar-refractivity contribution is 0.0144. The molecule has 1 rings (SSSR count). The second kappa shape index (κ2) is 8.60. The Kier molecular flexibility index (Phi) is 7.10. The smallest absolute Gasteiger partial charge is 0.261 e. The second-order valence-corrected chi connectivity index (χ2v) is 3.90. The predicted octanol–water partition coefficient (Wildman–Crippen LogP) is 1.43. The molecule has 1 aromatic rings. The fourth-order valence-electron chi connectivity index (χ4n) is 1.65. The number of halogens is 2. The maximum atomic E-state index is 12.0. The fraction of sp³-hybridized carbons (Fsp3) is 0.667. The van der Waals surface area contributed by atoms with Crippen LogP contribution in [-0.4, -0.2) is 50.9 Å². The van der Waals surface area contributed by atoms with Crippen LogP contribution in [-0.2, 0) is 4.74 Å². The van der Waals surface area contributed by atoms with Gasteiger partial charge in [-0.3, -0.25) is 0 Å². The highest BCUT2D eigenvalue weighted by Gasteiger charge is 2.18. The Morgan fingerprint density at radius 2 is 2.05 bits per heavy atom. The van der Waals surface area contributed by atoms with Crippen LogP contribution in [0.1, 0.15) is 18.2 Å². The molecular formula is C12H19F2N3O3. The number of ether oxygens (including phenoxy) is 3. The van der Waals surface area contributed by atoms with E-state index in [0.29, 0.717) is 23.9 Å². The van der Waals surface area contributed by atoms with Gasteiger partial charge in [0.1, 0.15) is 12.3 Å². The highest BCUT2D eigenvalue weighted by atomic mass is 19.3. The summed E-state index contributed by atoms with van der Waals surface area (Å²) in [5, 5.41) is 3.03. The first-order valence-electron chi connectivity index (χ1n) is 6.10. The molecule has 0 bridgehead atoms. The molecular weight excluding hydrogens is 272 g/mol. The molecule has 20 heavy (non-hydrogen) atoms. The van der Waals surface area contributed by atoms with E-state index in [-0.39, 0.29) is 12.6 Å². The van der Waals surface area contributed by atoms with Crippen molar-refractivity contribution in [3.8, 4) is 11.8 Å². The zero-order chi connectivity index (χ0) is 15.0. The van der Waals surface area contributed by atoms with E-state index in [4.69, 9.17) is 14.2 Å². The molecule has 1 N–H and O–H groups in total. The number of methoxy groups -OCH3 is 2. The number of nitrogens with one attached hydrogen (secondary N) is 1. The lowest BCUT2D eigenvalue weighted by atomic mass is 10.1. The van der Waals surface area contributed by atoms with Gasteiger partial charge in [-0.1, -0.05) is 0 Å². The summed E-state index contributed by atoms with van der Waals surface area (Å²) in [6.45, 7) is -0.380. The van der Waals surface area contributed by atoms with Crippen LogP contribution in [0.5, 0.6) is 11.8 Å². The average Bonchev–Trinajstić information content (AvgIpc) is 2.46. The third-order valence-corrected chi connectivity index (χ3v) is 2.62. The normalized spacial score (nSPS) is 12.5. The molecule has 1 atom stereocenters. The molecule has 1 unspecified atom stereocenters. The van der Waals surface area contributed by atoms with Crippen LogP contribution >= 0.6 is 0 Å². The van der Waals surface area contributed by atoms with Crippen molar-refractivity contribution in [2.45, 2.75) is 18.9 Å². The first-order valence-corrected chi connectivity index (χ1v) is 6.10. The van der Waals surface area contributed by atoms with Crippen LogP contribution in [0, 0.1) is 0 Å². The fourth-order valence-corrected chi connectivity index (χ4v) is 1.65. The summed E-state index contributed by atoms with van der Waals surface area (Å²) >= 11 is 0. The Labute approximate surface area is 116 Å². The van der Waals surface area contributed by atoms with Gasteiger partial charge >= 0.3 is 0 Å². The van der Waals surface area contributed by atoms with Crippen molar-refractivity contribution in [1.82, 2.24) is 15.3 Å². The molecule has 0 spiro atoms. The van der Waals surface area contributed by atoms with E-state index >= 15 is 0 Å². The molecule has 0 aliphatic rings. The summed E-state index contributed by atoms with van der Waals surface area (Å²) in [6.07, 6.45) is -0.513. The summed E-state index contributed by atoms with van der Waals surface area (Å²) in [7, 11) is 4.70. The third-order valence-electron chi connectivity index (χ3n) is 2.62. The number of hydrogen-bond donors (Lipinski definition) is 1. The molecule has 0 amide bonds. The molecule has 0 aromatic carbocycles. The van der Waals surface area contributed by atoms with Gasteiger partial charge in [0.25, 0.3) is 6.43 Å². The predicted molar refractivity (Wildman–Crippen MR) is 68.4 cm³/mol. The van der Waals surface area contributed by atoms with E-state index in [1.165, 1.54) is 20.4 Å². The quantitative estimate of drug-likeness (QED) is 0.694. The molecule has 0 radical (unpaired) electrons. The standard InChI is InChI=1S/C12H19F2N3O3/c1-15-8(4-5-20-7-9(13)14)11-12(19-3)17-10(18-2)6-16-11/h6,8-9,15H,4-5,7H2,1-3H3. The molecule has 8 heteroatoms. The van der Waals surface area contributed by atoms with Crippen LogP contribution < -0.4 is 14.8 Å². The third kappa shape index (κ3) is 4.86. The van der Waals surface area contributed by atoms with Gasteiger partial charge in [0.2, 0.25) is 11.8 Å². The first-order chi connectivity index (χ1) is 9.62. The van der Waals surface area contributed by atoms with Gasteiger partial charge in [0.05, 0.1) is 26.5 Å². The molecule has 0 saturated heterocycles. The van der Waals surface area contributed by atoms with Crippen molar-refractivity contribution in [3.05, 3.63) is 11.9 Å². The number of aromatic nitrogens is 2. The monoisotopic (exact) mass is 291 g/mol. The first kappa shape index (κ1) is 16.5. The highest BCUT2D eigenvalue weighted by molar-refractivity contribution is 5.25. The van der Waals surface area contributed by atoms with Gasteiger partial charge in [-0.25, -0.2) is 13.8 Å². The van der Waals surface area contributed by atoms with E-state index in [1.807, 2.05) is 0 Å². The van der Waals surface area contributed by atoms with Gasteiger partial charge in [-0.05, 0) is 13.5 Å². The minimum Gasteiger partial charge on any atom is -0.480 e. The maximum Gasteiger partial charge on any atom is 0.261 e. The van der Waals surface area contributed by atoms with E-state index in [9.17, 15) is 8.78 Å². The van der Waals surface area contributed by atoms with Gasteiger partial charge in [0.15, 0.2) is 0 Å². The molecule has 114 valence electrons. The van der Waals surface area contributed by atoms with Crippen molar-refractivity contribution in [2.24, 2.45) is 0 Å². The van der Waals surface area contributed by atoms with E-state index in [2.05, 4.69) is 15.3 Å². The van der Waals surface area contributed by atoms with Crippen LogP contribution in [0.3, 0.4) is 0 Å². The van der Waals surface area contributed by atoms with Crippen LogP contribution in [0.25, 0.3) is 0 Å². The zero-order valence-corrected chi connectivity index (χ0v) is 11.7. The van der Waals surface area contributed by atoms with Gasteiger partial charge in [-0.2, -0.15) is 4.98 Å². The lowest BCUT2D eigenvalue weighted by Crippen LogP contribution is -2.21. The van der Waals surface area contributed by atoms with E-state index in [1.54, 1.807) is 7.05 Å². The van der Waals surface area contributed by atoms with Crippen LogP contribution in [0.2, 0.25) is 0 Å². The van der Waals surface area contributed by atoms with Gasteiger partial charge < -0.3 is 19.5 Å². The number of alkyl halides is 2. The molecule has 1 aromatic heterocycles. The van der Waals surface area contributed by atoms with Gasteiger partial charge in [0, 0.05) is 6.61 Å². The average molecular weight is 291 g/mol. The van der Waals surface area contributed by atoms with Crippen LogP contribution in [0.4, 0.5) is 8.78 Å². The summed E-state index contributed by atoms with van der Waals surface area (Å²) in [4.78, 5) is 8.35. The maximum absolute atomic E-state index is 12.0. The number of hydrogen-bond acceptors (Lipinski definition) is 6. The summed E-state index contributed by atoms with van der Waals surface area (Å²) < 4.78 is 38.9. The Bertz CT molecular complexity index is 408. The Balaban J connectivity index is 2.68. The van der Waals surface area contributed by atoms with Crippen molar-refractivity contribution in [1.29, 1.82) is 0 Å². The van der Waals surface area contributed by atoms with E-state index in [0.717, 1.165) is 0 Å². The van der Waals surface area contributed by atoms with Crippen molar-refractivity contribution < 1.29 is 23.0 Å². The summed E-state index contributed by atoms with van der Waals surface area (Å²) in [5.74, 6) is 0.673. The highest BCUT2D eigenvalue weighted by Crippen LogP contribution is 2.25. The van der Waals surface area contributed by atoms with Crippen LogP contribution in [0.15, 0.2) is 6.20 Å². The summed E-state index contributed by atoms with van der Waals surface area (Å²) in [6, 6.07) is -0.207. The Hall–Kier alpha value is -1.54. The molecule has 6 nitrogen and oxygen atoms in total. The van der Waals surface area contributed by atoms with Crippen molar-refractivity contribution in [2.75, 3.05) is 34.5 Å². The Morgan fingerprint density at radius 3 is 2.60 bits per heavy atom. The molecule has 0 fully saturated rings. The van der Waals surface area contributed by atoms with Crippen molar-refractivity contribution >= 4 is 0 Å². The molecule has 0 aliphatic carbocycles. The largest absolute Gasteiger partial charge is 0.480 e. The SMILES string of the molecule is CNC(CCOCC(F)F)c1ncc(OC)nc1OC. The molecule has 1 heterocycles. The van der Waals surface area contributed by atoms with Gasteiger partial charge in [-0.15, -0.1) is 0 Å². The zero-order valence-electron chi connectivity index (χ0n) is 11.7. The lowest BCUT2D eigenvalue weighted by Gasteiger charge is -2.17. The summed E-state index contributed by atoms with van der Waals surface area (Å²) in [5.41, 5.74) is 0.580. The number of rotatable bonds is 9. The topological polar surface area (TPSA) is 65.5 Å². The second-order valence-electron chi connectivity index (χ2n) is 3.90. The molecule has 0 saturated carbocycles. The van der Waals surface area contributed by atoms with E-state index < -0.39 is 13.0 Å². The minimum atomic E-state index is -2.46. The molecule has 0 aliphatic heterocycles. The minimum absolute atomic E-state index is 0.187.